The van der Waals surface area contributed by atoms with Gasteiger partial charge in [-0.2, -0.15) is 9.78 Å². The van der Waals surface area contributed by atoms with Crippen molar-refractivity contribution < 1.29 is 9.18 Å². The summed E-state index contributed by atoms with van der Waals surface area (Å²) in [6.07, 6.45) is 4.86. The monoisotopic (exact) mass is 450 g/mol. The molecular formula is C25H27FN4O3. The van der Waals surface area contributed by atoms with E-state index in [2.05, 4.69) is 5.10 Å². The molecule has 4 rings (SSSR count). The molecule has 0 aliphatic heterocycles. The van der Waals surface area contributed by atoms with Crippen LogP contribution < -0.4 is 11.2 Å². The van der Waals surface area contributed by atoms with Gasteiger partial charge in [-0.1, -0.05) is 61.2 Å². The number of aromatic nitrogens is 3. The molecule has 0 spiro atoms. The van der Waals surface area contributed by atoms with Gasteiger partial charge in [-0.05, 0) is 37.5 Å². The minimum atomic E-state index is -0.803. The molecule has 7 nitrogen and oxygen atoms in total. The summed E-state index contributed by atoms with van der Waals surface area (Å²) in [5.41, 5.74) is -0.337. The number of aryl methyl sites for hydroxylation is 1. The second-order valence-corrected chi connectivity index (χ2v) is 8.58. The second kappa shape index (κ2) is 9.52. The lowest BCUT2D eigenvalue weighted by molar-refractivity contribution is 0.0684. The maximum atomic E-state index is 14.6. The van der Waals surface area contributed by atoms with Gasteiger partial charge in [0.25, 0.3) is 11.5 Å². The quantitative estimate of drug-likeness (QED) is 0.598. The average Bonchev–Trinajstić information content (AvgIpc) is 2.83. The molecule has 0 N–H and O–H groups in total. The molecule has 1 aromatic heterocycles. The Bertz CT molecular complexity index is 1270. The predicted molar refractivity (Wildman–Crippen MR) is 123 cm³/mol. The topological polar surface area (TPSA) is 77.2 Å². The zero-order valence-electron chi connectivity index (χ0n) is 18.8. The molecule has 8 heteroatoms. The van der Waals surface area contributed by atoms with Crippen LogP contribution in [0.2, 0.25) is 0 Å². The number of nitrogens with zero attached hydrogens (tertiary/aromatic N) is 4. The Labute approximate surface area is 191 Å². The van der Waals surface area contributed by atoms with Crippen molar-refractivity contribution in [1.29, 1.82) is 0 Å². The molecule has 0 bridgehead atoms. The largest absolute Gasteiger partial charge is 0.352 e. The molecule has 1 aliphatic carbocycles. The Balaban J connectivity index is 1.85. The summed E-state index contributed by atoms with van der Waals surface area (Å²) in [5, 5.41) is 4.07. The highest BCUT2D eigenvalue weighted by Gasteiger charge is 2.28. The molecule has 33 heavy (non-hydrogen) atoms. The highest BCUT2D eigenvalue weighted by molar-refractivity contribution is 5.91. The van der Waals surface area contributed by atoms with E-state index >= 15 is 0 Å². The predicted octanol–water partition coefficient (Wildman–Crippen LogP) is 3.29. The first-order valence-corrected chi connectivity index (χ1v) is 11.2. The van der Waals surface area contributed by atoms with Crippen LogP contribution in [0.5, 0.6) is 0 Å². The van der Waals surface area contributed by atoms with Crippen LogP contribution in [0.15, 0.2) is 58.1 Å². The van der Waals surface area contributed by atoms with Crippen LogP contribution in [0.3, 0.4) is 0 Å². The van der Waals surface area contributed by atoms with Crippen LogP contribution in [-0.2, 0) is 6.54 Å². The fraction of sp³-hybridized carbons (Fsp3) is 0.360. The van der Waals surface area contributed by atoms with Gasteiger partial charge in [0.1, 0.15) is 11.5 Å². The zero-order chi connectivity index (χ0) is 23.5. The number of benzene rings is 2. The number of carbonyl (C=O) groups is 1. The van der Waals surface area contributed by atoms with E-state index < -0.39 is 28.7 Å². The molecule has 0 atom stereocenters. The summed E-state index contributed by atoms with van der Waals surface area (Å²) >= 11 is 0. The van der Waals surface area contributed by atoms with Crippen molar-refractivity contribution in [3.05, 3.63) is 92.0 Å². The molecule has 172 valence electrons. The molecule has 0 saturated heterocycles. The molecule has 1 aliphatic rings. The molecule has 1 amide bonds. The summed E-state index contributed by atoms with van der Waals surface area (Å²) < 4.78 is 16.3. The lowest BCUT2D eigenvalue weighted by Gasteiger charge is -2.30. The van der Waals surface area contributed by atoms with Crippen LogP contribution in [-0.4, -0.2) is 38.2 Å². The van der Waals surface area contributed by atoms with Crippen LogP contribution in [0.4, 0.5) is 4.39 Å². The summed E-state index contributed by atoms with van der Waals surface area (Å²) in [6.45, 7) is 1.88. The first kappa shape index (κ1) is 22.6. The number of amides is 1. The number of hydrogen-bond acceptors (Lipinski definition) is 4. The van der Waals surface area contributed by atoms with E-state index in [1.165, 1.54) is 23.1 Å². The van der Waals surface area contributed by atoms with Crippen molar-refractivity contribution >= 4 is 5.91 Å². The highest BCUT2D eigenvalue weighted by Crippen LogP contribution is 2.22. The van der Waals surface area contributed by atoms with Crippen LogP contribution in [0.25, 0.3) is 5.69 Å². The molecular weight excluding hydrogens is 423 g/mol. The highest BCUT2D eigenvalue weighted by atomic mass is 19.1. The van der Waals surface area contributed by atoms with Crippen molar-refractivity contribution in [2.24, 2.45) is 0 Å². The molecule has 0 radical (unpaired) electrons. The Hall–Kier alpha value is -3.55. The standard InChI is InChI=1S/C25H27FN4O3/c1-17-12-14-18(15-13-17)16-29-24(32)22(23(31)28(2)19-8-4-3-5-9-19)27-30(25(29)33)21-11-7-6-10-20(21)26/h6-7,10-15,19H,3-5,8-9,16H2,1-2H3. The number of halogens is 1. The SMILES string of the molecule is Cc1ccc(Cn2c(=O)c(C(=O)N(C)C3CCCCC3)nn(-c3ccccc3F)c2=O)cc1. The van der Waals surface area contributed by atoms with Crippen molar-refractivity contribution in [2.45, 2.75) is 51.6 Å². The van der Waals surface area contributed by atoms with E-state index in [0.717, 1.165) is 46.9 Å². The van der Waals surface area contributed by atoms with E-state index in [4.69, 9.17) is 0 Å². The smallest absolute Gasteiger partial charge is 0.337 e. The summed E-state index contributed by atoms with van der Waals surface area (Å²) in [7, 11) is 1.66. The minimum absolute atomic E-state index is 0.00633. The van der Waals surface area contributed by atoms with E-state index in [1.54, 1.807) is 13.1 Å². The van der Waals surface area contributed by atoms with E-state index in [0.29, 0.717) is 5.56 Å². The zero-order valence-corrected chi connectivity index (χ0v) is 18.8. The van der Waals surface area contributed by atoms with Crippen LogP contribution >= 0.6 is 0 Å². The van der Waals surface area contributed by atoms with E-state index in [9.17, 15) is 18.8 Å². The van der Waals surface area contributed by atoms with Crippen LogP contribution in [0.1, 0.15) is 53.7 Å². The van der Waals surface area contributed by atoms with Gasteiger partial charge in [-0.25, -0.2) is 9.18 Å². The molecule has 1 saturated carbocycles. The molecule has 2 aromatic carbocycles. The summed E-state index contributed by atoms with van der Waals surface area (Å²) in [5.74, 6) is -1.23. The van der Waals surface area contributed by atoms with Crippen LogP contribution in [0, 0.1) is 12.7 Å². The maximum Gasteiger partial charge on any atom is 0.352 e. The normalized spacial score (nSPS) is 14.3. The molecule has 0 unspecified atom stereocenters. The Morgan fingerprint density at radius 1 is 1.06 bits per heavy atom. The van der Waals surface area contributed by atoms with Gasteiger partial charge in [-0.15, -0.1) is 0 Å². The van der Waals surface area contributed by atoms with Crippen molar-refractivity contribution in [2.75, 3.05) is 7.05 Å². The molecule has 3 aromatic rings. The van der Waals surface area contributed by atoms with Gasteiger partial charge in [-0.3, -0.25) is 14.2 Å². The number of hydrogen-bond donors (Lipinski definition) is 0. The lowest BCUT2D eigenvalue weighted by atomic mass is 9.94. The number of para-hydroxylation sites is 1. The van der Waals surface area contributed by atoms with Gasteiger partial charge < -0.3 is 4.90 Å². The van der Waals surface area contributed by atoms with Crippen molar-refractivity contribution in [3.63, 3.8) is 0 Å². The second-order valence-electron chi connectivity index (χ2n) is 8.58. The average molecular weight is 451 g/mol. The Kier molecular flexibility index (Phi) is 6.53. The Morgan fingerprint density at radius 3 is 2.39 bits per heavy atom. The van der Waals surface area contributed by atoms with Gasteiger partial charge >= 0.3 is 5.69 Å². The van der Waals surface area contributed by atoms with Gasteiger partial charge in [0.2, 0.25) is 5.69 Å². The minimum Gasteiger partial charge on any atom is -0.337 e. The van der Waals surface area contributed by atoms with Gasteiger partial charge in [0.15, 0.2) is 0 Å². The van der Waals surface area contributed by atoms with E-state index in [1.807, 2.05) is 31.2 Å². The number of rotatable bonds is 5. The Morgan fingerprint density at radius 2 is 1.73 bits per heavy atom. The fourth-order valence-corrected chi connectivity index (χ4v) is 4.25. The first-order valence-electron chi connectivity index (χ1n) is 11.2. The molecule has 1 fully saturated rings. The first-order chi connectivity index (χ1) is 15.9. The number of carbonyl (C=O) groups excluding carboxylic acids is 1. The molecule has 1 heterocycles. The summed E-state index contributed by atoms with van der Waals surface area (Å²) in [6, 6.07) is 13.0. The lowest BCUT2D eigenvalue weighted by Crippen LogP contribution is -2.48. The third-order valence-corrected chi connectivity index (χ3v) is 6.25. The van der Waals surface area contributed by atoms with Gasteiger partial charge in [0, 0.05) is 13.1 Å². The van der Waals surface area contributed by atoms with Gasteiger partial charge in [0.05, 0.1) is 6.54 Å². The third kappa shape index (κ3) is 4.65. The maximum absolute atomic E-state index is 14.6. The van der Waals surface area contributed by atoms with E-state index in [-0.39, 0.29) is 18.3 Å². The van der Waals surface area contributed by atoms with Crippen molar-refractivity contribution in [3.8, 4) is 5.69 Å². The van der Waals surface area contributed by atoms with Crippen molar-refractivity contribution in [1.82, 2.24) is 19.2 Å². The summed E-state index contributed by atoms with van der Waals surface area (Å²) in [4.78, 5) is 41.4. The third-order valence-electron chi connectivity index (χ3n) is 6.25. The fourth-order valence-electron chi connectivity index (χ4n) is 4.25.